The van der Waals surface area contributed by atoms with Gasteiger partial charge in [-0.3, -0.25) is 14.9 Å². The Labute approximate surface area is 138 Å². The lowest BCUT2D eigenvalue weighted by molar-refractivity contribution is -0.384. The number of carbonyl (C=O) groups is 2. The molecule has 0 fully saturated rings. The van der Waals surface area contributed by atoms with Gasteiger partial charge in [-0.1, -0.05) is 12.1 Å². The van der Waals surface area contributed by atoms with Gasteiger partial charge in [0.05, 0.1) is 11.0 Å². The summed E-state index contributed by atoms with van der Waals surface area (Å²) in [6, 6.07) is 4.48. The van der Waals surface area contributed by atoms with E-state index in [1.54, 1.807) is 20.8 Å². The van der Waals surface area contributed by atoms with E-state index in [0.717, 1.165) is 0 Å². The summed E-state index contributed by atoms with van der Waals surface area (Å²) in [6.45, 7) is 5.01. The molecule has 0 aliphatic heterocycles. The standard InChI is InChI=1S/C15H21N3O6/c1-15(2,3)24-14(21)17-11(12(19)13(16)20)8-9-4-6-10(7-5-9)18(22)23/h4-7,11-12,19H,8H2,1-3H3,(H2,16,20)(H,17,21). The molecule has 2 atom stereocenters. The molecule has 0 aliphatic carbocycles. The molecule has 0 aromatic heterocycles. The number of ether oxygens (including phenoxy) is 1. The second-order valence-corrected chi connectivity index (χ2v) is 6.23. The monoisotopic (exact) mass is 339 g/mol. The van der Waals surface area contributed by atoms with Crippen LogP contribution >= 0.6 is 0 Å². The number of hydrogen-bond acceptors (Lipinski definition) is 6. The summed E-state index contributed by atoms with van der Waals surface area (Å²) < 4.78 is 5.08. The lowest BCUT2D eigenvalue weighted by atomic mass is 10.0. The Balaban J connectivity index is 2.88. The molecule has 0 aliphatic rings. The smallest absolute Gasteiger partial charge is 0.407 e. The number of nitrogens with two attached hydrogens (primary N) is 1. The fraction of sp³-hybridized carbons (Fsp3) is 0.467. The number of hydrogen-bond donors (Lipinski definition) is 3. The fourth-order valence-corrected chi connectivity index (χ4v) is 1.91. The molecule has 0 spiro atoms. The number of nitrogens with zero attached hydrogens (tertiary/aromatic N) is 1. The molecule has 1 aromatic carbocycles. The van der Waals surface area contributed by atoms with Gasteiger partial charge in [-0.15, -0.1) is 0 Å². The van der Waals surface area contributed by atoms with Crippen LogP contribution in [-0.2, 0) is 16.0 Å². The van der Waals surface area contributed by atoms with Gasteiger partial charge in [0.1, 0.15) is 5.60 Å². The van der Waals surface area contributed by atoms with Crippen LogP contribution in [0.5, 0.6) is 0 Å². The third kappa shape index (κ3) is 6.21. The molecule has 24 heavy (non-hydrogen) atoms. The summed E-state index contributed by atoms with van der Waals surface area (Å²) in [5.74, 6) is -1.00. The number of aliphatic hydroxyl groups is 1. The molecule has 0 saturated carbocycles. The molecule has 1 aromatic rings. The number of benzene rings is 1. The molecular formula is C15H21N3O6. The van der Waals surface area contributed by atoms with E-state index >= 15 is 0 Å². The number of primary amides is 1. The zero-order valence-corrected chi connectivity index (χ0v) is 13.7. The van der Waals surface area contributed by atoms with Crippen LogP contribution in [0.15, 0.2) is 24.3 Å². The van der Waals surface area contributed by atoms with Crippen LogP contribution in [-0.4, -0.2) is 39.8 Å². The van der Waals surface area contributed by atoms with E-state index in [4.69, 9.17) is 10.5 Å². The van der Waals surface area contributed by atoms with Crippen LogP contribution in [0.25, 0.3) is 0 Å². The van der Waals surface area contributed by atoms with E-state index in [2.05, 4.69) is 5.32 Å². The van der Waals surface area contributed by atoms with Crippen LogP contribution in [0.3, 0.4) is 0 Å². The van der Waals surface area contributed by atoms with Gasteiger partial charge in [0.2, 0.25) is 5.91 Å². The van der Waals surface area contributed by atoms with Gasteiger partial charge in [0, 0.05) is 12.1 Å². The molecule has 132 valence electrons. The van der Waals surface area contributed by atoms with Gasteiger partial charge in [0.25, 0.3) is 5.69 Å². The SMILES string of the molecule is CC(C)(C)OC(=O)NC(Cc1ccc([N+](=O)[O-])cc1)C(O)C(N)=O. The largest absolute Gasteiger partial charge is 0.444 e. The Bertz CT molecular complexity index is 609. The summed E-state index contributed by atoms with van der Waals surface area (Å²) in [7, 11) is 0. The van der Waals surface area contributed by atoms with Crippen LogP contribution in [0.4, 0.5) is 10.5 Å². The zero-order chi connectivity index (χ0) is 18.5. The number of aliphatic hydroxyl groups excluding tert-OH is 1. The predicted octanol–water partition coefficient (Wildman–Crippen LogP) is 0.877. The first kappa shape index (κ1) is 19.4. The first-order chi connectivity index (χ1) is 11.0. The number of carbonyl (C=O) groups excluding carboxylic acids is 2. The van der Waals surface area contributed by atoms with Crippen molar-refractivity contribution >= 4 is 17.7 Å². The average molecular weight is 339 g/mol. The van der Waals surface area contributed by atoms with Crippen molar-refractivity contribution < 1.29 is 24.4 Å². The summed E-state index contributed by atoms with van der Waals surface area (Å²) in [6.07, 6.45) is -2.40. The molecule has 9 heteroatoms. The summed E-state index contributed by atoms with van der Waals surface area (Å²) >= 11 is 0. The second-order valence-electron chi connectivity index (χ2n) is 6.23. The number of amides is 2. The second kappa shape index (κ2) is 7.73. The molecule has 4 N–H and O–H groups in total. The minimum atomic E-state index is -1.63. The molecule has 0 radical (unpaired) electrons. The Hall–Kier alpha value is -2.68. The average Bonchev–Trinajstić information content (AvgIpc) is 2.44. The van der Waals surface area contributed by atoms with Crippen molar-refractivity contribution in [3.8, 4) is 0 Å². The van der Waals surface area contributed by atoms with Gasteiger partial charge < -0.3 is 20.9 Å². The van der Waals surface area contributed by atoms with E-state index in [-0.39, 0.29) is 12.1 Å². The van der Waals surface area contributed by atoms with Gasteiger partial charge in [0.15, 0.2) is 6.10 Å². The highest BCUT2D eigenvalue weighted by Crippen LogP contribution is 2.15. The lowest BCUT2D eigenvalue weighted by Crippen LogP contribution is -2.51. The van der Waals surface area contributed by atoms with E-state index in [1.807, 2.05) is 0 Å². The highest BCUT2D eigenvalue weighted by Gasteiger charge is 2.28. The maximum Gasteiger partial charge on any atom is 0.407 e. The Morgan fingerprint density at radius 2 is 1.88 bits per heavy atom. The maximum absolute atomic E-state index is 11.8. The molecular weight excluding hydrogens is 318 g/mol. The first-order valence-corrected chi connectivity index (χ1v) is 7.20. The molecule has 2 unspecified atom stereocenters. The molecule has 0 saturated heterocycles. The van der Waals surface area contributed by atoms with Crippen molar-refractivity contribution in [2.75, 3.05) is 0 Å². The van der Waals surface area contributed by atoms with Crippen LogP contribution in [0, 0.1) is 10.1 Å². The van der Waals surface area contributed by atoms with Gasteiger partial charge in [-0.2, -0.15) is 0 Å². The van der Waals surface area contributed by atoms with Crippen molar-refractivity contribution in [2.24, 2.45) is 5.73 Å². The highest BCUT2D eigenvalue weighted by molar-refractivity contribution is 5.80. The Kier molecular flexibility index (Phi) is 6.24. The minimum Gasteiger partial charge on any atom is -0.444 e. The molecule has 9 nitrogen and oxygen atoms in total. The van der Waals surface area contributed by atoms with Gasteiger partial charge in [-0.05, 0) is 32.8 Å². The maximum atomic E-state index is 11.8. The molecule has 1 rings (SSSR count). The van der Waals surface area contributed by atoms with E-state index < -0.39 is 34.7 Å². The number of nitro benzene ring substituents is 1. The van der Waals surface area contributed by atoms with Crippen molar-refractivity contribution in [3.05, 3.63) is 39.9 Å². The van der Waals surface area contributed by atoms with E-state index in [9.17, 15) is 24.8 Å². The summed E-state index contributed by atoms with van der Waals surface area (Å²) in [4.78, 5) is 33.2. The normalized spacial score (nSPS) is 13.7. The number of rotatable bonds is 6. The number of non-ortho nitro benzene ring substituents is 1. The van der Waals surface area contributed by atoms with Crippen LogP contribution in [0.2, 0.25) is 0 Å². The van der Waals surface area contributed by atoms with Crippen LogP contribution in [0.1, 0.15) is 26.3 Å². The topological polar surface area (TPSA) is 145 Å². The first-order valence-electron chi connectivity index (χ1n) is 7.20. The van der Waals surface area contributed by atoms with Crippen LogP contribution < -0.4 is 11.1 Å². The minimum absolute atomic E-state index is 0.0430. The quantitative estimate of drug-likeness (QED) is 0.518. The Morgan fingerprint density at radius 1 is 1.33 bits per heavy atom. The third-order valence-electron chi connectivity index (χ3n) is 2.98. The predicted molar refractivity (Wildman–Crippen MR) is 85.2 cm³/mol. The lowest BCUT2D eigenvalue weighted by Gasteiger charge is -2.25. The summed E-state index contributed by atoms with van der Waals surface area (Å²) in [5, 5.41) is 22.9. The van der Waals surface area contributed by atoms with Crippen molar-refractivity contribution in [1.82, 2.24) is 5.32 Å². The molecule has 0 bridgehead atoms. The van der Waals surface area contributed by atoms with E-state index in [0.29, 0.717) is 5.56 Å². The number of alkyl carbamates (subject to hydrolysis) is 1. The van der Waals surface area contributed by atoms with Crippen molar-refractivity contribution in [2.45, 2.75) is 44.9 Å². The van der Waals surface area contributed by atoms with E-state index in [1.165, 1.54) is 24.3 Å². The molecule has 0 heterocycles. The third-order valence-corrected chi connectivity index (χ3v) is 2.98. The number of nitro groups is 1. The molecule has 2 amide bonds. The van der Waals surface area contributed by atoms with Gasteiger partial charge >= 0.3 is 6.09 Å². The fourth-order valence-electron chi connectivity index (χ4n) is 1.91. The zero-order valence-electron chi connectivity index (χ0n) is 13.7. The Morgan fingerprint density at radius 3 is 2.29 bits per heavy atom. The van der Waals surface area contributed by atoms with Gasteiger partial charge in [-0.25, -0.2) is 4.79 Å². The number of nitrogens with one attached hydrogen (secondary N) is 1. The van der Waals surface area contributed by atoms with Crippen molar-refractivity contribution in [1.29, 1.82) is 0 Å². The summed E-state index contributed by atoms with van der Waals surface area (Å²) in [5.41, 5.74) is 4.82. The van der Waals surface area contributed by atoms with Crippen molar-refractivity contribution in [3.63, 3.8) is 0 Å². The highest BCUT2D eigenvalue weighted by atomic mass is 16.6.